The molecule has 1 aromatic heterocycles. The Morgan fingerprint density at radius 1 is 1.42 bits per heavy atom. The molecule has 0 amide bonds. The van der Waals surface area contributed by atoms with E-state index in [1.807, 2.05) is 18.2 Å². The lowest BCUT2D eigenvalue weighted by atomic mass is 9.80. The van der Waals surface area contributed by atoms with Crippen LogP contribution in [0.5, 0.6) is 0 Å². The zero-order valence-electron chi connectivity index (χ0n) is 11.1. The number of fused-ring (bicyclic) bond motifs is 1. The van der Waals surface area contributed by atoms with Gasteiger partial charge in [0.25, 0.3) is 5.56 Å². The molecule has 1 unspecified atom stereocenters. The van der Waals surface area contributed by atoms with E-state index < -0.39 is 0 Å². The number of benzene rings is 1. The molecule has 1 fully saturated rings. The molecule has 1 atom stereocenters. The van der Waals surface area contributed by atoms with Crippen molar-refractivity contribution in [2.75, 3.05) is 0 Å². The third-order valence-corrected chi connectivity index (χ3v) is 4.11. The second-order valence-corrected chi connectivity index (χ2v) is 5.39. The van der Waals surface area contributed by atoms with Gasteiger partial charge in [0.2, 0.25) is 0 Å². The quantitative estimate of drug-likeness (QED) is 0.882. The van der Waals surface area contributed by atoms with Crippen molar-refractivity contribution in [2.45, 2.75) is 38.8 Å². The van der Waals surface area contributed by atoms with Gasteiger partial charge in [-0.25, -0.2) is 4.98 Å². The molecule has 2 aromatic rings. The third kappa shape index (κ3) is 2.54. The maximum Gasteiger partial charge on any atom is 0.258 e. The van der Waals surface area contributed by atoms with E-state index in [1.54, 1.807) is 6.07 Å². The molecule has 1 aliphatic carbocycles. The Bertz CT molecular complexity index is 631. The van der Waals surface area contributed by atoms with Crippen LogP contribution in [0.2, 0.25) is 0 Å². The molecular formula is C15H19N3O. The highest BCUT2D eigenvalue weighted by Gasteiger charge is 2.23. The lowest BCUT2D eigenvalue weighted by molar-refractivity contribution is 0.239. The molecule has 0 spiro atoms. The Morgan fingerprint density at radius 2 is 2.21 bits per heavy atom. The number of para-hydroxylation sites is 1. The van der Waals surface area contributed by atoms with Crippen LogP contribution in [0.3, 0.4) is 0 Å². The average Bonchev–Trinajstić information content (AvgIpc) is 2.34. The van der Waals surface area contributed by atoms with Crippen molar-refractivity contribution in [1.29, 1.82) is 0 Å². The SMILES string of the molecule is CC(NCc1nc2ccccc2c(=O)[nH]1)C1CCC1. The zero-order valence-corrected chi connectivity index (χ0v) is 11.1. The first-order valence-electron chi connectivity index (χ1n) is 6.95. The summed E-state index contributed by atoms with van der Waals surface area (Å²) in [7, 11) is 0. The van der Waals surface area contributed by atoms with E-state index in [4.69, 9.17) is 0 Å². The number of nitrogens with zero attached hydrogens (tertiary/aromatic N) is 1. The van der Waals surface area contributed by atoms with Crippen molar-refractivity contribution >= 4 is 10.9 Å². The molecule has 3 rings (SSSR count). The molecule has 2 N–H and O–H groups in total. The van der Waals surface area contributed by atoms with E-state index in [0.29, 0.717) is 18.0 Å². The fourth-order valence-corrected chi connectivity index (χ4v) is 2.58. The highest BCUT2D eigenvalue weighted by molar-refractivity contribution is 5.77. The minimum Gasteiger partial charge on any atom is -0.309 e. The largest absolute Gasteiger partial charge is 0.309 e. The summed E-state index contributed by atoms with van der Waals surface area (Å²) < 4.78 is 0. The van der Waals surface area contributed by atoms with Gasteiger partial charge < -0.3 is 10.3 Å². The molecule has 0 bridgehead atoms. The first kappa shape index (κ1) is 12.4. The summed E-state index contributed by atoms with van der Waals surface area (Å²) in [4.78, 5) is 19.3. The predicted octanol–water partition coefficient (Wildman–Crippen LogP) is 2.20. The number of aromatic amines is 1. The van der Waals surface area contributed by atoms with E-state index >= 15 is 0 Å². The van der Waals surface area contributed by atoms with Crippen LogP contribution in [0.1, 0.15) is 32.0 Å². The lowest BCUT2D eigenvalue weighted by Crippen LogP contribution is -2.37. The van der Waals surface area contributed by atoms with Gasteiger partial charge >= 0.3 is 0 Å². The average molecular weight is 257 g/mol. The van der Waals surface area contributed by atoms with Crippen molar-refractivity contribution in [3.8, 4) is 0 Å². The molecule has 0 saturated heterocycles. The van der Waals surface area contributed by atoms with Gasteiger partial charge in [-0.15, -0.1) is 0 Å². The first-order chi connectivity index (χ1) is 9.24. The van der Waals surface area contributed by atoms with Gasteiger partial charge in [0.1, 0.15) is 5.82 Å². The third-order valence-electron chi connectivity index (χ3n) is 4.11. The second-order valence-electron chi connectivity index (χ2n) is 5.39. The predicted molar refractivity (Wildman–Crippen MR) is 76.0 cm³/mol. The number of rotatable bonds is 4. The van der Waals surface area contributed by atoms with Gasteiger partial charge in [0, 0.05) is 6.04 Å². The maximum atomic E-state index is 11.9. The van der Waals surface area contributed by atoms with E-state index in [0.717, 1.165) is 17.3 Å². The van der Waals surface area contributed by atoms with Gasteiger partial charge in [-0.3, -0.25) is 4.79 Å². The highest BCUT2D eigenvalue weighted by atomic mass is 16.1. The van der Waals surface area contributed by atoms with Gasteiger partial charge in [-0.1, -0.05) is 18.6 Å². The number of hydrogen-bond acceptors (Lipinski definition) is 3. The molecule has 1 aliphatic rings. The first-order valence-corrected chi connectivity index (χ1v) is 6.95. The lowest BCUT2D eigenvalue weighted by Gasteiger charge is -2.31. The zero-order chi connectivity index (χ0) is 13.2. The van der Waals surface area contributed by atoms with E-state index in [9.17, 15) is 4.79 Å². The number of H-pyrrole nitrogens is 1. The van der Waals surface area contributed by atoms with Crippen molar-refractivity contribution in [3.63, 3.8) is 0 Å². The molecule has 100 valence electrons. The smallest absolute Gasteiger partial charge is 0.258 e. The summed E-state index contributed by atoms with van der Waals surface area (Å²) in [5.74, 6) is 1.50. The summed E-state index contributed by atoms with van der Waals surface area (Å²) >= 11 is 0. The van der Waals surface area contributed by atoms with Crippen LogP contribution in [-0.4, -0.2) is 16.0 Å². The Kier molecular flexibility index (Phi) is 3.34. The Labute approximate surface area is 112 Å². The minimum atomic E-state index is -0.0568. The van der Waals surface area contributed by atoms with Gasteiger partial charge in [0.15, 0.2) is 0 Å². The van der Waals surface area contributed by atoms with Crippen molar-refractivity contribution in [3.05, 3.63) is 40.4 Å². The fourth-order valence-electron chi connectivity index (χ4n) is 2.58. The highest BCUT2D eigenvalue weighted by Crippen LogP contribution is 2.29. The summed E-state index contributed by atoms with van der Waals surface area (Å²) in [6.07, 6.45) is 3.98. The van der Waals surface area contributed by atoms with Crippen LogP contribution >= 0.6 is 0 Å². The summed E-state index contributed by atoms with van der Waals surface area (Å²) in [6, 6.07) is 7.93. The maximum absolute atomic E-state index is 11.9. The summed E-state index contributed by atoms with van der Waals surface area (Å²) in [5, 5.41) is 4.11. The molecule has 1 saturated carbocycles. The Morgan fingerprint density at radius 3 is 2.95 bits per heavy atom. The van der Waals surface area contributed by atoms with E-state index in [2.05, 4.69) is 22.2 Å². The molecule has 1 aromatic carbocycles. The Balaban J connectivity index is 1.75. The molecule has 19 heavy (non-hydrogen) atoms. The molecule has 4 nitrogen and oxygen atoms in total. The van der Waals surface area contributed by atoms with E-state index in [-0.39, 0.29) is 5.56 Å². The van der Waals surface area contributed by atoms with Crippen LogP contribution in [0.15, 0.2) is 29.1 Å². The molecule has 0 radical (unpaired) electrons. The van der Waals surface area contributed by atoms with Crippen molar-refractivity contribution in [2.24, 2.45) is 5.92 Å². The van der Waals surface area contributed by atoms with Crippen LogP contribution in [0, 0.1) is 5.92 Å². The number of hydrogen-bond donors (Lipinski definition) is 2. The molecule has 4 heteroatoms. The summed E-state index contributed by atoms with van der Waals surface area (Å²) in [5.41, 5.74) is 0.707. The van der Waals surface area contributed by atoms with Crippen molar-refractivity contribution in [1.82, 2.24) is 15.3 Å². The standard InChI is InChI=1S/C15H19N3O/c1-10(11-5-4-6-11)16-9-14-17-13-8-3-2-7-12(13)15(19)18-14/h2-3,7-8,10-11,16H,4-6,9H2,1H3,(H,17,18,19). The molecule has 1 heterocycles. The Hall–Kier alpha value is -1.68. The number of aromatic nitrogens is 2. The second kappa shape index (κ2) is 5.13. The monoisotopic (exact) mass is 257 g/mol. The summed E-state index contributed by atoms with van der Waals surface area (Å²) in [6.45, 7) is 2.83. The topological polar surface area (TPSA) is 57.8 Å². The van der Waals surface area contributed by atoms with Crippen LogP contribution in [0.25, 0.3) is 10.9 Å². The van der Waals surface area contributed by atoms with Crippen LogP contribution in [-0.2, 0) is 6.54 Å². The van der Waals surface area contributed by atoms with Gasteiger partial charge in [-0.2, -0.15) is 0 Å². The molecular weight excluding hydrogens is 238 g/mol. The van der Waals surface area contributed by atoms with Crippen molar-refractivity contribution < 1.29 is 0 Å². The fraction of sp³-hybridized carbons (Fsp3) is 0.467. The van der Waals surface area contributed by atoms with Gasteiger partial charge in [-0.05, 0) is 37.8 Å². The van der Waals surface area contributed by atoms with Gasteiger partial charge in [0.05, 0.1) is 17.4 Å². The van der Waals surface area contributed by atoms with E-state index in [1.165, 1.54) is 19.3 Å². The normalized spacial score (nSPS) is 17.3. The minimum absolute atomic E-state index is 0.0568. The van der Waals surface area contributed by atoms with Crippen LogP contribution < -0.4 is 10.9 Å². The number of nitrogens with one attached hydrogen (secondary N) is 2. The van der Waals surface area contributed by atoms with Crippen LogP contribution in [0.4, 0.5) is 0 Å². The molecule has 0 aliphatic heterocycles.